The van der Waals surface area contributed by atoms with Crippen LogP contribution in [0.4, 0.5) is 4.39 Å². The fourth-order valence-electron chi connectivity index (χ4n) is 3.40. The molecule has 0 bridgehead atoms. The Balaban J connectivity index is 1.37. The zero-order valence-corrected chi connectivity index (χ0v) is 19.1. The monoisotopic (exact) mass is 473 g/mol. The molecule has 3 aromatic carbocycles. The molecule has 170 valence electrons. The quantitative estimate of drug-likeness (QED) is 0.270. The van der Waals surface area contributed by atoms with Crippen LogP contribution in [0, 0.1) is 12.7 Å². The first-order valence-electron chi connectivity index (χ1n) is 10.6. The molecule has 0 saturated carbocycles. The van der Waals surface area contributed by atoms with Crippen LogP contribution in [0.1, 0.15) is 17.3 Å². The first kappa shape index (κ1) is 21.8. The molecule has 0 aliphatic rings. The van der Waals surface area contributed by atoms with E-state index in [0.29, 0.717) is 28.4 Å². The molecule has 2 heterocycles. The normalized spacial score (nSPS) is 11.0. The van der Waals surface area contributed by atoms with Gasteiger partial charge in [-0.05, 0) is 36.8 Å². The van der Waals surface area contributed by atoms with E-state index < -0.39 is 5.82 Å². The predicted molar refractivity (Wildman–Crippen MR) is 126 cm³/mol. The van der Waals surface area contributed by atoms with Gasteiger partial charge in [-0.15, -0.1) is 10.2 Å². The molecule has 0 saturated heterocycles. The van der Waals surface area contributed by atoms with E-state index in [1.807, 2.05) is 66.1 Å². The van der Waals surface area contributed by atoms with Crippen molar-refractivity contribution < 1.29 is 13.7 Å². The highest BCUT2D eigenvalue weighted by Gasteiger charge is 2.18. The Bertz CT molecular complexity index is 1400. The third kappa shape index (κ3) is 4.69. The first-order chi connectivity index (χ1) is 16.7. The summed E-state index contributed by atoms with van der Waals surface area (Å²) < 4.78 is 27.0. The van der Waals surface area contributed by atoms with Crippen molar-refractivity contribution in [2.45, 2.75) is 24.4 Å². The van der Waals surface area contributed by atoms with Crippen LogP contribution >= 0.6 is 11.8 Å². The number of benzene rings is 3. The number of para-hydroxylation sites is 2. The standard InChI is InChI=1S/C25H20FN5O2S/c1-17-9-5-6-12-19(17)24-27-23(33-30-24)16-34-25-29-28-22(31(25)18-10-3-2-4-11-18)15-32-21-14-8-7-13-20(21)26/h2-14H,15-16H2,1H3. The molecule has 34 heavy (non-hydrogen) atoms. The summed E-state index contributed by atoms with van der Waals surface area (Å²) in [6.07, 6.45) is 0. The molecule has 0 unspecified atom stereocenters. The Kier molecular flexibility index (Phi) is 6.35. The number of hydrogen-bond acceptors (Lipinski definition) is 7. The fourth-order valence-corrected chi connectivity index (χ4v) is 4.21. The zero-order valence-electron chi connectivity index (χ0n) is 18.3. The van der Waals surface area contributed by atoms with Crippen molar-refractivity contribution in [2.24, 2.45) is 0 Å². The smallest absolute Gasteiger partial charge is 0.237 e. The molecular formula is C25H20FN5O2S. The summed E-state index contributed by atoms with van der Waals surface area (Å²) in [5, 5.41) is 13.4. The lowest BCUT2D eigenvalue weighted by molar-refractivity contribution is 0.278. The van der Waals surface area contributed by atoms with Crippen molar-refractivity contribution in [2.75, 3.05) is 0 Å². The van der Waals surface area contributed by atoms with Crippen LogP contribution in [0.25, 0.3) is 17.1 Å². The minimum Gasteiger partial charge on any atom is -0.483 e. The lowest BCUT2D eigenvalue weighted by atomic mass is 10.1. The Morgan fingerprint density at radius 2 is 1.71 bits per heavy atom. The molecule has 0 fully saturated rings. The molecule has 5 rings (SSSR count). The van der Waals surface area contributed by atoms with Gasteiger partial charge in [0.05, 0.1) is 5.75 Å². The molecule has 9 heteroatoms. The number of hydrogen-bond donors (Lipinski definition) is 0. The topological polar surface area (TPSA) is 78.9 Å². The lowest BCUT2D eigenvalue weighted by Crippen LogP contribution is -2.07. The van der Waals surface area contributed by atoms with E-state index in [1.165, 1.54) is 17.8 Å². The Morgan fingerprint density at radius 3 is 2.53 bits per heavy atom. The summed E-state index contributed by atoms with van der Waals surface area (Å²) in [6.45, 7) is 2.06. The Hall–Kier alpha value is -3.98. The second-order valence-corrected chi connectivity index (χ2v) is 8.35. The third-order valence-electron chi connectivity index (χ3n) is 5.09. The van der Waals surface area contributed by atoms with E-state index in [-0.39, 0.29) is 12.4 Å². The minimum absolute atomic E-state index is 0.0569. The van der Waals surface area contributed by atoms with Gasteiger partial charge in [0.25, 0.3) is 0 Å². The summed E-state index contributed by atoms with van der Waals surface area (Å²) in [5.74, 6) is 1.73. The SMILES string of the molecule is Cc1ccccc1-c1noc(CSc2nnc(COc3ccccc3F)n2-c2ccccc2)n1. The van der Waals surface area contributed by atoms with Crippen LogP contribution in [0.15, 0.2) is 88.5 Å². The summed E-state index contributed by atoms with van der Waals surface area (Å²) in [6, 6.07) is 23.8. The number of aryl methyl sites for hydroxylation is 1. The second kappa shape index (κ2) is 9.88. The lowest BCUT2D eigenvalue weighted by Gasteiger charge is -2.11. The maximum absolute atomic E-state index is 14.0. The second-order valence-electron chi connectivity index (χ2n) is 7.40. The number of thioether (sulfide) groups is 1. The van der Waals surface area contributed by atoms with E-state index in [1.54, 1.807) is 18.2 Å². The summed E-state index contributed by atoms with van der Waals surface area (Å²) in [7, 11) is 0. The van der Waals surface area contributed by atoms with E-state index in [4.69, 9.17) is 9.26 Å². The van der Waals surface area contributed by atoms with Gasteiger partial charge < -0.3 is 9.26 Å². The van der Waals surface area contributed by atoms with Crippen LogP contribution in [-0.4, -0.2) is 24.9 Å². The Labute approximate surface area is 199 Å². The molecule has 0 spiro atoms. The molecular weight excluding hydrogens is 453 g/mol. The van der Waals surface area contributed by atoms with Crippen molar-refractivity contribution in [1.82, 2.24) is 24.9 Å². The highest BCUT2D eigenvalue weighted by molar-refractivity contribution is 7.98. The number of rotatable bonds is 8. The summed E-state index contributed by atoms with van der Waals surface area (Å²) in [4.78, 5) is 4.53. The van der Waals surface area contributed by atoms with Gasteiger partial charge in [-0.2, -0.15) is 4.98 Å². The van der Waals surface area contributed by atoms with Crippen LogP contribution < -0.4 is 4.74 Å². The highest BCUT2D eigenvalue weighted by atomic mass is 32.2. The van der Waals surface area contributed by atoms with E-state index in [0.717, 1.165) is 16.8 Å². The average Bonchev–Trinajstić information content (AvgIpc) is 3.50. The summed E-state index contributed by atoms with van der Waals surface area (Å²) in [5.41, 5.74) is 2.88. The molecule has 5 aromatic rings. The van der Waals surface area contributed by atoms with E-state index in [9.17, 15) is 4.39 Å². The molecule has 0 aliphatic carbocycles. The van der Waals surface area contributed by atoms with Crippen molar-refractivity contribution >= 4 is 11.8 Å². The maximum Gasteiger partial charge on any atom is 0.237 e. The highest BCUT2D eigenvalue weighted by Crippen LogP contribution is 2.27. The predicted octanol–water partition coefficient (Wildman–Crippen LogP) is 5.64. The number of ether oxygens (including phenoxy) is 1. The van der Waals surface area contributed by atoms with Gasteiger partial charge in [0.2, 0.25) is 11.7 Å². The van der Waals surface area contributed by atoms with Gasteiger partial charge in [-0.25, -0.2) is 4.39 Å². The van der Waals surface area contributed by atoms with E-state index in [2.05, 4.69) is 20.3 Å². The van der Waals surface area contributed by atoms with Gasteiger partial charge in [0, 0.05) is 11.3 Å². The van der Waals surface area contributed by atoms with Crippen LogP contribution in [-0.2, 0) is 12.4 Å². The number of nitrogens with zero attached hydrogens (tertiary/aromatic N) is 5. The molecule has 7 nitrogen and oxygen atoms in total. The van der Waals surface area contributed by atoms with Gasteiger partial charge >= 0.3 is 0 Å². The van der Waals surface area contributed by atoms with Crippen LogP contribution in [0.5, 0.6) is 5.75 Å². The molecule has 0 aliphatic heterocycles. The van der Waals surface area contributed by atoms with Gasteiger partial charge in [-0.3, -0.25) is 4.57 Å². The van der Waals surface area contributed by atoms with Crippen molar-refractivity contribution in [3.63, 3.8) is 0 Å². The van der Waals surface area contributed by atoms with E-state index >= 15 is 0 Å². The molecule has 2 aromatic heterocycles. The van der Waals surface area contributed by atoms with Gasteiger partial charge in [0.1, 0.15) is 6.61 Å². The average molecular weight is 474 g/mol. The first-order valence-corrected chi connectivity index (χ1v) is 11.6. The summed E-state index contributed by atoms with van der Waals surface area (Å²) >= 11 is 1.42. The minimum atomic E-state index is -0.427. The van der Waals surface area contributed by atoms with Crippen molar-refractivity contribution in [3.8, 4) is 22.8 Å². The third-order valence-corrected chi connectivity index (χ3v) is 6.00. The molecule has 0 radical (unpaired) electrons. The van der Waals surface area contributed by atoms with Crippen LogP contribution in [0.3, 0.4) is 0 Å². The molecule has 0 atom stereocenters. The van der Waals surface area contributed by atoms with Gasteiger partial charge in [-0.1, -0.05) is 71.5 Å². The molecule has 0 N–H and O–H groups in total. The number of aromatic nitrogens is 5. The maximum atomic E-state index is 14.0. The molecule has 0 amide bonds. The van der Waals surface area contributed by atoms with Crippen molar-refractivity contribution in [1.29, 1.82) is 0 Å². The van der Waals surface area contributed by atoms with Crippen LogP contribution in [0.2, 0.25) is 0 Å². The number of halogens is 1. The fraction of sp³-hybridized carbons (Fsp3) is 0.120. The van der Waals surface area contributed by atoms with Crippen molar-refractivity contribution in [3.05, 3.63) is 102 Å². The van der Waals surface area contributed by atoms with Gasteiger partial charge in [0.15, 0.2) is 22.5 Å². The zero-order chi connectivity index (χ0) is 23.3. The largest absolute Gasteiger partial charge is 0.483 e. The Morgan fingerprint density at radius 1 is 0.941 bits per heavy atom.